The Kier molecular flexibility index (Phi) is 7.08. The summed E-state index contributed by atoms with van der Waals surface area (Å²) in [4.78, 5) is 2.69. The molecule has 0 aromatic carbocycles. The molecule has 1 aliphatic heterocycles. The fourth-order valence-electron chi connectivity index (χ4n) is 2.54. The first-order valence-electron chi connectivity index (χ1n) is 7.01. The van der Waals surface area contributed by atoms with Crippen molar-refractivity contribution in [3.63, 3.8) is 0 Å². The molecule has 0 radical (unpaired) electrons. The maximum Gasteiger partial charge on any atom is 0.000438 e. The molecule has 1 saturated heterocycles. The van der Waals surface area contributed by atoms with Gasteiger partial charge in [-0.1, -0.05) is 52.4 Å². The highest BCUT2D eigenvalue weighted by molar-refractivity contribution is 4.62. The van der Waals surface area contributed by atoms with Crippen LogP contribution in [0.15, 0.2) is 0 Å². The highest BCUT2D eigenvalue weighted by Gasteiger charge is 2.07. The molecular formula is C14H29N. The molecule has 0 bridgehead atoms. The molecule has 1 aliphatic rings. The molecule has 0 saturated carbocycles. The Hall–Kier alpha value is -0.0400. The lowest BCUT2D eigenvalue weighted by atomic mass is 10.1. The second-order valence-corrected chi connectivity index (χ2v) is 5.52. The van der Waals surface area contributed by atoms with E-state index in [1.807, 2.05) is 0 Å². The fraction of sp³-hybridized carbons (Fsp3) is 1.00. The Labute approximate surface area is 96.2 Å². The van der Waals surface area contributed by atoms with Crippen molar-refractivity contribution >= 4 is 0 Å². The Morgan fingerprint density at radius 2 is 1.13 bits per heavy atom. The van der Waals surface area contributed by atoms with Crippen molar-refractivity contribution in [2.24, 2.45) is 5.92 Å². The molecule has 0 aromatic heterocycles. The quantitative estimate of drug-likeness (QED) is 0.665. The summed E-state index contributed by atoms with van der Waals surface area (Å²) in [5.41, 5.74) is 0. The Morgan fingerprint density at radius 3 is 1.53 bits per heavy atom. The highest BCUT2D eigenvalue weighted by Crippen LogP contribution is 2.12. The minimum Gasteiger partial charge on any atom is -0.303 e. The molecule has 0 N–H and O–H groups in total. The molecule has 0 aromatic rings. The van der Waals surface area contributed by atoms with Gasteiger partial charge in [-0.25, -0.2) is 0 Å². The van der Waals surface area contributed by atoms with Crippen LogP contribution in [-0.2, 0) is 0 Å². The first kappa shape index (κ1) is 13.0. The fourth-order valence-corrected chi connectivity index (χ4v) is 2.54. The lowest BCUT2D eigenvalue weighted by Crippen LogP contribution is -2.29. The minimum atomic E-state index is 0.829. The van der Waals surface area contributed by atoms with E-state index in [-0.39, 0.29) is 0 Å². The number of hydrogen-bond donors (Lipinski definition) is 0. The van der Waals surface area contributed by atoms with Gasteiger partial charge in [-0.15, -0.1) is 0 Å². The third-order valence-electron chi connectivity index (χ3n) is 3.32. The topological polar surface area (TPSA) is 3.24 Å². The minimum absolute atomic E-state index is 0.829. The first-order chi connectivity index (χ1) is 7.29. The van der Waals surface area contributed by atoms with Crippen molar-refractivity contribution in [2.75, 3.05) is 19.6 Å². The van der Waals surface area contributed by atoms with Gasteiger partial charge < -0.3 is 4.90 Å². The lowest BCUT2D eigenvalue weighted by molar-refractivity contribution is 0.236. The number of rotatable bonds is 2. The molecule has 0 spiro atoms. The van der Waals surface area contributed by atoms with E-state index in [0.717, 1.165) is 5.92 Å². The lowest BCUT2D eigenvalue weighted by Gasteiger charge is -2.23. The summed E-state index contributed by atoms with van der Waals surface area (Å²) in [7, 11) is 0. The van der Waals surface area contributed by atoms with Crippen LogP contribution in [0.3, 0.4) is 0 Å². The van der Waals surface area contributed by atoms with Crippen LogP contribution in [0.1, 0.15) is 65.2 Å². The van der Waals surface area contributed by atoms with E-state index in [9.17, 15) is 0 Å². The molecule has 15 heavy (non-hydrogen) atoms. The second-order valence-electron chi connectivity index (χ2n) is 5.52. The van der Waals surface area contributed by atoms with Gasteiger partial charge in [0.2, 0.25) is 0 Å². The van der Waals surface area contributed by atoms with E-state index in [2.05, 4.69) is 18.7 Å². The smallest absolute Gasteiger partial charge is 0.000438 e. The summed E-state index contributed by atoms with van der Waals surface area (Å²) in [6.07, 6.45) is 11.6. The second kappa shape index (κ2) is 8.15. The molecule has 0 atom stereocenters. The van der Waals surface area contributed by atoms with E-state index in [1.165, 1.54) is 71.0 Å². The standard InChI is InChI=1S/C14H29N/c1-14(2)13-15-11-9-7-5-3-4-6-8-10-12-15/h14H,3-13H2,1-2H3. The van der Waals surface area contributed by atoms with Crippen LogP contribution in [0.2, 0.25) is 0 Å². The van der Waals surface area contributed by atoms with Crippen LogP contribution >= 0.6 is 0 Å². The molecule has 1 fully saturated rings. The SMILES string of the molecule is CC(C)CN1CCCCCCCCCC1. The molecule has 90 valence electrons. The Bertz CT molecular complexity index is 130. The summed E-state index contributed by atoms with van der Waals surface area (Å²) in [6, 6.07) is 0. The highest BCUT2D eigenvalue weighted by atomic mass is 15.1. The maximum absolute atomic E-state index is 2.69. The van der Waals surface area contributed by atoms with E-state index in [0.29, 0.717) is 0 Å². The van der Waals surface area contributed by atoms with Gasteiger partial charge in [0.25, 0.3) is 0 Å². The summed E-state index contributed by atoms with van der Waals surface area (Å²) in [5, 5.41) is 0. The van der Waals surface area contributed by atoms with Gasteiger partial charge in [0.05, 0.1) is 0 Å². The number of nitrogens with zero attached hydrogens (tertiary/aromatic N) is 1. The average Bonchev–Trinajstić information content (AvgIpc) is 2.23. The zero-order valence-corrected chi connectivity index (χ0v) is 10.8. The third kappa shape index (κ3) is 6.94. The van der Waals surface area contributed by atoms with Crippen LogP contribution in [-0.4, -0.2) is 24.5 Å². The van der Waals surface area contributed by atoms with Crippen LogP contribution in [0, 0.1) is 5.92 Å². The third-order valence-corrected chi connectivity index (χ3v) is 3.32. The molecule has 0 aliphatic carbocycles. The van der Waals surface area contributed by atoms with Crippen molar-refractivity contribution in [1.29, 1.82) is 0 Å². The molecule has 1 heterocycles. The molecule has 1 rings (SSSR count). The zero-order chi connectivity index (χ0) is 10.9. The van der Waals surface area contributed by atoms with Gasteiger partial charge in [0.15, 0.2) is 0 Å². The summed E-state index contributed by atoms with van der Waals surface area (Å²) < 4.78 is 0. The van der Waals surface area contributed by atoms with Gasteiger partial charge >= 0.3 is 0 Å². The van der Waals surface area contributed by atoms with Gasteiger partial charge in [0.1, 0.15) is 0 Å². The largest absolute Gasteiger partial charge is 0.303 e. The Balaban J connectivity index is 2.25. The van der Waals surface area contributed by atoms with Crippen molar-refractivity contribution in [1.82, 2.24) is 4.90 Å². The van der Waals surface area contributed by atoms with Crippen molar-refractivity contribution in [3.8, 4) is 0 Å². The van der Waals surface area contributed by atoms with E-state index in [1.54, 1.807) is 0 Å². The van der Waals surface area contributed by atoms with Crippen LogP contribution in [0.25, 0.3) is 0 Å². The predicted molar refractivity (Wildman–Crippen MR) is 68.2 cm³/mol. The van der Waals surface area contributed by atoms with Gasteiger partial charge in [-0.05, 0) is 31.8 Å². The molecular weight excluding hydrogens is 182 g/mol. The van der Waals surface area contributed by atoms with E-state index in [4.69, 9.17) is 0 Å². The van der Waals surface area contributed by atoms with Crippen LogP contribution < -0.4 is 0 Å². The van der Waals surface area contributed by atoms with E-state index >= 15 is 0 Å². The van der Waals surface area contributed by atoms with Crippen LogP contribution in [0.4, 0.5) is 0 Å². The zero-order valence-electron chi connectivity index (χ0n) is 10.8. The van der Waals surface area contributed by atoms with Gasteiger partial charge in [-0.2, -0.15) is 0 Å². The Morgan fingerprint density at radius 1 is 0.733 bits per heavy atom. The van der Waals surface area contributed by atoms with E-state index < -0.39 is 0 Å². The van der Waals surface area contributed by atoms with Crippen molar-refractivity contribution in [3.05, 3.63) is 0 Å². The summed E-state index contributed by atoms with van der Waals surface area (Å²) in [5.74, 6) is 0.829. The van der Waals surface area contributed by atoms with Gasteiger partial charge in [0, 0.05) is 6.54 Å². The maximum atomic E-state index is 2.69. The first-order valence-corrected chi connectivity index (χ1v) is 7.01. The van der Waals surface area contributed by atoms with Crippen LogP contribution in [0.5, 0.6) is 0 Å². The van der Waals surface area contributed by atoms with Gasteiger partial charge in [-0.3, -0.25) is 0 Å². The number of hydrogen-bond acceptors (Lipinski definition) is 1. The van der Waals surface area contributed by atoms with Crippen molar-refractivity contribution < 1.29 is 0 Å². The summed E-state index contributed by atoms with van der Waals surface area (Å²) >= 11 is 0. The molecule has 1 heteroatoms. The van der Waals surface area contributed by atoms with Crippen molar-refractivity contribution in [2.45, 2.75) is 65.2 Å². The molecule has 1 nitrogen and oxygen atoms in total. The molecule has 0 unspecified atom stereocenters. The monoisotopic (exact) mass is 211 g/mol. The predicted octanol–water partition coefficient (Wildman–Crippen LogP) is 4.08. The normalized spacial score (nSPS) is 22.6. The molecule has 0 amide bonds. The summed E-state index contributed by atoms with van der Waals surface area (Å²) in [6.45, 7) is 8.67. The average molecular weight is 211 g/mol.